The quantitative estimate of drug-likeness (QED) is 0.894. The molecule has 0 aliphatic carbocycles. The molecule has 24 heavy (non-hydrogen) atoms. The minimum absolute atomic E-state index is 0.0783. The van der Waals surface area contributed by atoms with Crippen LogP contribution in [0.25, 0.3) is 0 Å². The maximum atomic E-state index is 12.4. The number of para-hydroxylation sites is 1. The molecule has 2 aliphatic heterocycles. The van der Waals surface area contributed by atoms with Crippen LogP contribution in [0.1, 0.15) is 25.3 Å². The summed E-state index contributed by atoms with van der Waals surface area (Å²) >= 11 is 0. The van der Waals surface area contributed by atoms with Crippen molar-refractivity contribution in [3.05, 3.63) is 29.8 Å². The van der Waals surface area contributed by atoms with Crippen LogP contribution in [-0.2, 0) is 9.53 Å². The number of nitrogens with zero attached hydrogens (tertiary/aromatic N) is 2. The third kappa shape index (κ3) is 4.08. The second-order valence-electron chi connectivity index (χ2n) is 6.87. The smallest absolute Gasteiger partial charge is 0.237 e. The van der Waals surface area contributed by atoms with Crippen LogP contribution in [-0.4, -0.2) is 62.3 Å². The van der Waals surface area contributed by atoms with Crippen molar-refractivity contribution in [3.63, 3.8) is 0 Å². The molecule has 2 heterocycles. The molecule has 2 saturated heterocycles. The fraction of sp³-hybridized carbons (Fsp3) is 0.632. The van der Waals surface area contributed by atoms with Crippen LogP contribution >= 0.6 is 0 Å². The Kier molecular flexibility index (Phi) is 5.74. The molecular formula is C19H29N3O2. The number of ether oxygens (including phenoxy) is 1. The summed E-state index contributed by atoms with van der Waals surface area (Å²) in [5.41, 5.74) is 2.63. The zero-order chi connectivity index (χ0) is 16.9. The molecule has 1 amide bonds. The Balaban J connectivity index is 1.46. The first-order valence-corrected chi connectivity index (χ1v) is 9.09. The molecule has 5 heteroatoms. The highest BCUT2D eigenvalue weighted by atomic mass is 16.5. The van der Waals surface area contributed by atoms with Crippen LogP contribution in [0.4, 0.5) is 5.69 Å². The molecule has 3 rings (SSSR count). The standard InChI is InChI=1S/C19H29N3O2/c1-15-6-3-4-8-18(15)22-11-9-21(10-12-22)16(2)19(23)20-14-17-7-5-13-24-17/h3-4,6,8,16-17H,5,7,9-14H2,1-2H3,(H,20,23)/t16-,17+/m0/s1. The van der Waals surface area contributed by atoms with E-state index in [1.807, 2.05) is 6.92 Å². The fourth-order valence-corrected chi connectivity index (χ4v) is 3.60. The van der Waals surface area contributed by atoms with Gasteiger partial charge in [-0.2, -0.15) is 0 Å². The van der Waals surface area contributed by atoms with Crippen molar-refractivity contribution < 1.29 is 9.53 Å². The van der Waals surface area contributed by atoms with E-state index in [2.05, 4.69) is 46.3 Å². The maximum absolute atomic E-state index is 12.4. The number of rotatable bonds is 5. The van der Waals surface area contributed by atoms with Gasteiger partial charge in [-0.3, -0.25) is 9.69 Å². The average molecular weight is 331 g/mol. The molecular weight excluding hydrogens is 302 g/mol. The molecule has 2 aliphatic rings. The zero-order valence-electron chi connectivity index (χ0n) is 14.8. The Hall–Kier alpha value is -1.59. The highest BCUT2D eigenvalue weighted by Gasteiger charge is 2.26. The van der Waals surface area contributed by atoms with Crippen molar-refractivity contribution in [3.8, 4) is 0 Å². The average Bonchev–Trinajstić information content (AvgIpc) is 3.13. The van der Waals surface area contributed by atoms with E-state index in [-0.39, 0.29) is 18.1 Å². The third-order valence-corrected chi connectivity index (χ3v) is 5.23. The van der Waals surface area contributed by atoms with Gasteiger partial charge in [0.15, 0.2) is 0 Å². The van der Waals surface area contributed by atoms with E-state index < -0.39 is 0 Å². The van der Waals surface area contributed by atoms with Crippen LogP contribution in [0, 0.1) is 6.92 Å². The highest BCUT2D eigenvalue weighted by molar-refractivity contribution is 5.81. The Morgan fingerprint density at radius 3 is 2.71 bits per heavy atom. The van der Waals surface area contributed by atoms with E-state index in [9.17, 15) is 4.79 Å². The Morgan fingerprint density at radius 1 is 1.29 bits per heavy atom. The number of benzene rings is 1. The first kappa shape index (κ1) is 17.2. The van der Waals surface area contributed by atoms with Crippen molar-refractivity contribution in [2.24, 2.45) is 0 Å². The van der Waals surface area contributed by atoms with Gasteiger partial charge in [0.25, 0.3) is 0 Å². The van der Waals surface area contributed by atoms with Crippen LogP contribution < -0.4 is 10.2 Å². The lowest BCUT2D eigenvalue weighted by atomic mass is 10.1. The number of hydrogen-bond acceptors (Lipinski definition) is 4. The Labute approximate surface area is 145 Å². The lowest BCUT2D eigenvalue weighted by Crippen LogP contribution is -2.54. The van der Waals surface area contributed by atoms with Gasteiger partial charge in [-0.25, -0.2) is 0 Å². The summed E-state index contributed by atoms with van der Waals surface area (Å²) in [7, 11) is 0. The molecule has 2 atom stereocenters. The summed E-state index contributed by atoms with van der Waals surface area (Å²) in [5, 5.41) is 3.05. The van der Waals surface area contributed by atoms with Crippen LogP contribution in [0.15, 0.2) is 24.3 Å². The number of carbonyl (C=O) groups is 1. The largest absolute Gasteiger partial charge is 0.376 e. The van der Waals surface area contributed by atoms with E-state index in [1.165, 1.54) is 11.3 Å². The number of carbonyl (C=O) groups excluding carboxylic acids is 1. The first-order chi connectivity index (χ1) is 11.6. The summed E-state index contributed by atoms with van der Waals surface area (Å²) in [6.07, 6.45) is 2.37. The lowest BCUT2D eigenvalue weighted by molar-refractivity contribution is -0.126. The lowest BCUT2D eigenvalue weighted by Gasteiger charge is -2.39. The van der Waals surface area contributed by atoms with Gasteiger partial charge in [-0.15, -0.1) is 0 Å². The predicted octanol–water partition coefficient (Wildman–Crippen LogP) is 1.80. The molecule has 132 valence electrons. The molecule has 0 spiro atoms. The molecule has 5 nitrogen and oxygen atoms in total. The van der Waals surface area contributed by atoms with Gasteiger partial charge in [0.2, 0.25) is 5.91 Å². The van der Waals surface area contributed by atoms with Crippen molar-refractivity contribution in [1.29, 1.82) is 0 Å². The summed E-state index contributed by atoms with van der Waals surface area (Å²) in [5.74, 6) is 0.120. The van der Waals surface area contributed by atoms with Crippen molar-refractivity contribution in [2.75, 3.05) is 44.2 Å². The van der Waals surface area contributed by atoms with Crippen molar-refractivity contribution in [1.82, 2.24) is 10.2 Å². The molecule has 0 aromatic heterocycles. The molecule has 1 aromatic rings. The van der Waals surface area contributed by atoms with Crippen LogP contribution in [0.5, 0.6) is 0 Å². The first-order valence-electron chi connectivity index (χ1n) is 9.09. The van der Waals surface area contributed by atoms with E-state index in [0.717, 1.165) is 45.6 Å². The fourth-order valence-electron chi connectivity index (χ4n) is 3.60. The van der Waals surface area contributed by atoms with Gasteiger partial charge >= 0.3 is 0 Å². The maximum Gasteiger partial charge on any atom is 0.237 e. The van der Waals surface area contributed by atoms with Gasteiger partial charge in [0.05, 0.1) is 12.1 Å². The second kappa shape index (κ2) is 7.99. The molecule has 2 fully saturated rings. The highest BCUT2D eigenvalue weighted by Crippen LogP contribution is 2.21. The number of amides is 1. The monoisotopic (exact) mass is 331 g/mol. The van der Waals surface area contributed by atoms with E-state index in [0.29, 0.717) is 6.54 Å². The van der Waals surface area contributed by atoms with Crippen molar-refractivity contribution >= 4 is 11.6 Å². The summed E-state index contributed by atoms with van der Waals surface area (Å²) in [6.45, 7) is 9.41. The van der Waals surface area contributed by atoms with Crippen LogP contribution in [0.2, 0.25) is 0 Å². The normalized spacial score (nSPS) is 23.2. The van der Waals surface area contributed by atoms with E-state index in [1.54, 1.807) is 0 Å². The number of anilines is 1. The van der Waals surface area contributed by atoms with Crippen LogP contribution in [0.3, 0.4) is 0 Å². The van der Waals surface area contributed by atoms with Gasteiger partial charge < -0.3 is 15.0 Å². The van der Waals surface area contributed by atoms with Gasteiger partial charge in [-0.05, 0) is 38.3 Å². The molecule has 0 saturated carbocycles. The SMILES string of the molecule is Cc1ccccc1N1CCN([C@@H](C)C(=O)NC[C@H]2CCCO2)CC1. The third-order valence-electron chi connectivity index (χ3n) is 5.23. The summed E-state index contributed by atoms with van der Waals surface area (Å²) in [4.78, 5) is 17.1. The summed E-state index contributed by atoms with van der Waals surface area (Å²) in [6, 6.07) is 8.43. The van der Waals surface area contributed by atoms with Crippen molar-refractivity contribution in [2.45, 2.75) is 38.8 Å². The molecule has 1 N–H and O–H groups in total. The summed E-state index contributed by atoms with van der Waals surface area (Å²) < 4.78 is 5.57. The zero-order valence-corrected chi connectivity index (χ0v) is 14.8. The molecule has 0 radical (unpaired) electrons. The number of nitrogens with one attached hydrogen (secondary N) is 1. The van der Waals surface area contributed by atoms with Gasteiger partial charge in [0, 0.05) is 45.0 Å². The van der Waals surface area contributed by atoms with Gasteiger partial charge in [0.1, 0.15) is 0 Å². The molecule has 0 unspecified atom stereocenters. The minimum Gasteiger partial charge on any atom is -0.376 e. The Morgan fingerprint density at radius 2 is 2.04 bits per heavy atom. The number of piperazine rings is 1. The predicted molar refractivity (Wildman–Crippen MR) is 96.4 cm³/mol. The van der Waals surface area contributed by atoms with Gasteiger partial charge in [-0.1, -0.05) is 18.2 Å². The topological polar surface area (TPSA) is 44.8 Å². The minimum atomic E-state index is -0.0783. The number of aryl methyl sites for hydroxylation is 1. The molecule has 0 bridgehead atoms. The molecule has 1 aromatic carbocycles. The number of hydrogen-bond donors (Lipinski definition) is 1. The Bertz CT molecular complexity index is 549. The van der Waals surface area contributed by atoms with E-state index >= 15 is 0 Å². The van der Waals surface area contributed by atoms with E-state index in [4.69, 9.17) is 4.74 Å². The second-order valence-corrected chi connectivity index (χ2v) is 6.87.